The maximum absolute atomic E-state index is 5.31. The van der Waals surface area contributed by atoms with Crippen LogP contribution in [0, 0.1) is 0 Å². The molecule has 1 aromatic rings. The van der Waals surface area contributed by atoms with Crippen LogP contribution < -0.4 is 5.32 Å². The molecule has 1 heterocycles. The standard InChI is InChI=1S/C12H23N3O2/c1-10(2)15(5-6-16-4)9-12-7-11(8-13-3)14-17-12/h7,10,13H,5-6,8-9H2,1-4H3. The minimum absolute atomic E-state index is 0.461. The van der Waals surface area contributed by atoms with Gasteiger partial charge in [-0.3, -0.25) is 4.90 Å². The Morgan fingerprint density at radius 2 is 2.29 bits per heavy atom. The monoisotopic (exact) mass is 241 g/mol. The molecule has 1 aromatic heterocycles. The second-order valence-electron chi connectivity index (χ2n) is 4.37. The van der Waals surface area contributed by atoms with E-state index in [-0.39, 0.29) is 0 Å². The average molecular weight is 241 g/mol. The number of rotatable bonds is 8. The molecular formula is C12H23N3O2. The Hall–Kier alpha value is -0.910. The van der Waals surface area contributed by atoms with Crippen LogP contribution in [-0.2, 0) is 17.8 Å². The summed E-state index contributed by atoms with van der Waals surface area (Å²) in [6, 6.07) is 2.46. The van der Waals surface area contributed by atoms with Gasteiger partial charge in [0.1, 0.15) is 0 Å². The van der Waals surface area contributed by atoms with Crippen LogP contribution in [0.25, 0.3) is 0 Å². The molecule has 0 aliphatic heterocycles. The molecule has 0 aromatic carbocycles. The normalized spacial score (nSPS) is 11.6. The third-order valence-electron chi connectivity index (χ3n) is 2.64. The van der Waals surface area contributed by atoms with Crippen LogP contribution in [0.15, 0.2) is 10.6 Å². The Balaban J connectivity index is 2.52. The molecule has 0 amide bonds. The van der Waals surface area contributed by atoms with Crippen molar-refractivity contribution in [2.45, 2.75) is 33.0 Å². The van der Waals surface area contributed by atoms with Crippen molar-refractivity contribution in [3.63, 3.8) is 0 Å². The summed E-state index contributed by atoms with van der Waals surface area (Å²) in [4.78, 5) is 2.30. The summed E-state index contributed by atoms with van der Waals surface area (Å²) in [6.07, 6.45) is 0. The van der Waals surface area contributed by atoms with Gasteiger partial charge in [-0.2, -0.15) is 0 Å². The molecule has 0 unspecified atom stereocenters. The van der Waals surface area contributed by atoms with Crippen molar-refractivity contribution in [1.29, 1.82) is 0 Å². The van der Waals surface area contributed by atoms with Crippen molar-refractivity contribution in [2.75, 3.05) is 27.3 Å². The van der Waals surface area contributed by atoms with Gasteiger partial charge in [0.25, 0.3) is 0 Å². The average Bonchev–Trinajstić information content (AvgIpc) is 2.72. The first-order valence-electron chi connectivity index (χ1n) is 5.99. The highest BCUT2D eigenvalue weighted by molar-refractivity contribution is 5.05. The van der Waals surface area contributed by atoms with Crippen LogP contribution in [0.3, 0.4) is 0 Å². The largest absolute Gasteiger partial charge is 0.383 e. The molecule has 1 N–H and O–H groups in total. The van der Waals surface area contributed by atoms with Crippen molar-refractivity contribution < 1.29 is 9.26 Å². The first kappa shape index (κ1) is 14.2. The summed E-state index contributed by atoms with van der Waals surface area (Å²) in [5, 5.41) is 7.05. The molecule has 0 radical (unpaired) electrons. The van der Waals surface area contributed by atoms with Crippen LogP contribution in [-0.4, -0.2) is 43.4 Å². The van der Waals surface area contributed by atoms with Gasteiger partial charge in [-0.25, -0.2) is 0 Å². The fourth-order valence-corrected chi connectivity index (χ4v) is 1.62. The van der Waals surface area contributed by atoms with Gasteiger partial charge in [0, 0.05) is 32.3 Å². The Labute approximate surface area is 103 Å². The summed E-state index contributed by atoms with van der Waals surface area (Å²) in [6.45, 7) is 7.48. The molecule has 0 fully saturated rings. The fourth-order valence-electron chi connectivity index (χ4n) is 1.62. The van der Waals surface area contributed by atoms with E-state index in [0.29, 0.717) is 6.04 Å². The Kier molecular flexibility index (Phi) is 6.18. The number of ether oxygens (including phenoxy) is 1. The third-order valence-corrected chi connectivity index (χ3v) is 2.64. The minimum Gasteiger partial charge on any atom is -0.383 e. The number of methoxy groups -OCH3 is 1. The highest BCUT2D eigenvalue weighted by Gasteiger charge is 2.13. The second-order valence-corrected chi connectivity index (χ2v) is 4.37. The van der Waals surface area contributed by atoms with E-state index in [9.17, 15) is 0 Å². The quantitative estimate of drug-likeness (QED) is 0.742. The van der Waals surface area contributed by atoms with Crippen LogP contribution in [0.5, 0.6) is 0 Å². The molecule has 98 valence electrons. The molecule has 0 atom stereocenters. The van der Waals surface area contributed by atoms with Gasteiger partial charge in [0.05, 0.1) is 18.8 Å². The van der Waals surface area contributed by atoms with Crippen LogP contribution in [0.4, 0.5) is 0 Å². The van der Waals surface area contributed by atoms with E-state index in [1.165, 1.54) is 0 Å². The SMILES string of the molecule is CNCc1cc(CN(CCOC)C(C)C)on1. The van der Waals surface area contributed by atoms with Crippen molar-refractivity contribution >= 4 is 0 Å². The van der Waals surface area contributed by atoms with Crippen molar-refractivity contribution in [1.82, 2.24) is 15.4 Å². The van der Waals surface area contributed by atoms with Gasteiger partial charge < -0.3 is 14.6 Å². The van der Waals surface area contributed by atoms with E-state index in [2.05, 4.69) is 29.2 Å². The smallest absolute Gasteiger partial charge is 0.151 e. The molecule has 0 aliphatic rings. The number of hydrogen-bond acceptors (Lipinski definition) is 5. The van der Waals surface area contributed by atoms with Gasteiger partial charge in [0.15, 0.2) is 5.76 Å². The lowest BCUT2D eigenvalue weighted by Gasteiger charge is -2.24. The zero-order chi connectivity index (χ0) is 12.7. The molecule has 1 rings (SSSR count). The maximum Gasteiger partial charge on any atom is 0.151 e. The summed E-state index contributed by atoms with van der Waals surface area (Å²) >= 11 is 0. The van der Waals surface area contributed by atoms with Gasteiger partial charge in [-0.15, -0.1) is 0 Å². The van der Waals surface area contributed by atoms with Gasteiger partial charge in [-0.05, 0) is 20.9 Å². The van der Waals surface area contributed by atoms with Crippen LogP contribution in [0.1, 0.15) is 25.3 Å². The van der Waals surface area contributed by atoms with E-state index in [1.54, 1.807) is 7.11 Å². The van der Waals surface area contributed by atoms with Crippen LogP contribution >= 0.6 is 0 Å². The zero-order valence-electron chi connectivity index (χ0n) is 11.2. The molecule has 0 bridgehead atoms. The maximum atomic E-state index is 5.31. The predicted octanol–water partition coefficient (Wildman–Crippen LogP) is 1.25. The molecule has 5 heteroatoms. The van der Waals surface area contributed by atoms with Gasteiger partial charge in [-0.1, -0.05) is 5.16 Å². The highest BCUT2D eigenvalue weighted by Crippen LogP contribution is 2.09. The van der Waals surface area contributed by atoms with Gasteiger partial charge >= 0.3 is 0 Å². The molecule has 17 heavy (non-hydrogen) atoms. The van der Waals surface area contributed by atoms with E-state index >= 15 is 0 Å². The Morgan fingerprint density at radius 3 is 2.88 bits per heavy atom. The molecule has 0 saturated heterocycles. The first-order valence-corrected chi connectivity index (χ1v) is 5.99. The molecule has 0 saturated carbocycles. The third kappa shape index (κ3) is 4.85. The number of hydrogen-bond donors (Lipinski definition) is 1. The Bertz CT molecular complexity index is 312. The minimum atomic E-state index is 0.461. The van der Waals surface area contributed by atoms with Gasteiger partial charge in [0.2, 0.25) is 0 Å². The fraction of sp³-hybridized carbons (Fsp3) is 0.750. The zero-order valence-corrected chi connectivity index (χ0v) is 11.2. The summed E-state index contributed by atoms with van der Waals surface area (Å²) < 4.78 is 10.4. The summed E-state index contributed by atoms with van der Waals surface area (Å²) in [7, 11) is 3.62. The summed E-state index contributed by atoms with van der Waals surface area (Å²) in [5.41, 5.74) is 0.943. The first-order chi connectivity index (χ1) is 8.17. The van der Waals surface area contributed by atoms with Crippen molar-refractivity contribution in [3.8, 4) is 0 Å². The predicted molar refractivity (Wildman–Crippen MR) is 66.7 cm³/mol. The van der Waals surface area contributed by atoms with E-state index < -0.39 is 0 Å². The van der Waals surface area contributed by atoms with E-state index in [1.807, 2.05) is 13.1 Å². The van der Waals surface area contributed by atoms with Crippen molar-refractivity contribution in [3.05, 3.63) is 17.5 Å². The lowest BCUT2D eigenvalue weighted by Crippen LogP contribution is -2.33. The summed E-state index contributed by atoms with van der Waals surface area (Å²) in [5.74, 6) is 0.903. The van der Waals surface area contributed by atoms with Crippen LogP contribution in [0.2, 0.25) is 0 Å². The number of nitrogens with zero attached hydrogens (tertiary/aromatic N) is 2. The molecular weight excluding hydrogens is 218 g/mol. The van der Waals surface area contributed by atoms with Crippen molar-refractivity contribution in [2.24, 2.45) is 0 Å². The highest BCUT2D eigenvalue weighted by atomic mass is 16.5. The molecule has 0 spiro atoms. The lowest BCUT2D eigenvalue weighted by molar-refractivity contribution is 0.117. The Morgan fingerprint density at radius 1 is 1.53 bits per heavy atom. The topological polar surface area (TPSA) is 50.5 Å². The number of aromatic nitrogens is 1. The van der Waals surface area contributed by atoms with E-state index in [4.69, 9.17) is 9.26 Å². The lowest BCUT2D eigenvalue weighted by atomic mass is 10.2. The molecule has 5 nitrogen and oxygen atoms in total. The number of nitrogens with one attached hydrogen (secondary N) is 1. The van der Waals surface area contributed by atoms with E-state index in [0.717, 1.165) is 37.7 Å². The second kappa shape index (κ2) is 7.42. The molecule has 0 aliphatic carbocycles.